The van der Waals surface area contributed by atoms with Crippen LogP contribution >= 0.6 is 11.3 Å². The summed E-state index contributed by atoms with van der Waals surface area (Å²) in [6.45, 7) is 0. The van der Waals surface area contributed by atoms with Crippen LogP contribution in [0, 0.1) is 24.3 Å². The molecule has 9 rings (SSSR count). The number of nitrogens with zero attached hydrogens (tertiary/aromatic N) is 4. The number of pyridine rings is 4. The van der Waals surface area contributed by atoms with Crippen molar-refractivity contribution in [3.63, 3.8) is 0 Å². The average Bonchev–Trinajstić information content (AvgIpc) is 3.66. The van der Waals surface area contributed by atoms with Crippen molar-refractivity contribution in [1.29, 1.82) is 0 Å². The standard InChI is InChI=1S/2C16H11N2.C12H6S.2Pt/c1-3-10-17-15(8-1)13-6-5-7-14(12-13)16-9-2-4-11-18-16;1-2-7-13(8-3-1)14-10-6-11-16(18-14)15-9-4-5-12-17-15;1-2-4-10-8-12-11(5-6-13-12)7-9(10)3-1;;/h1-11H;1-7,9-12H;1-2,4,6-8H;;/q2*-1;-2;2*+2. The minimum atomic E-state index is 0. The summed E-state index contributed by atoms with van der Waals surface area (Å²) in [7, 11) is 0. The van der Waals surface area contributed by atoms with Gasteiger partial charge < -0.3 is 0 Å². The van der Waals surface area contributed by atoms with E-state index in [-0.39, 0.29) is 42.1 Å². The molecule has 0 saturated carbocycles. The summed E-state index contributed by atoms with van der Waals surface area (Å²) in [5, 5.41) is 5.62. The van der Waals surface area contributed by atoms with Gasteiger partial charge in [-0.05, 0) is 36.0 Å². The molecule has 0 atom stereocenters. The molecular weight excluding hydrogens is 1010 g/mol. The number of fused-ring (bicyclic) bond motifs is 2. The molecule has 0 aliphatic heterocycles. The molecule has 0 aliphatic carbocycles. The first-order valence-corrected chi connectivity index (χ1v) is 16.6. The van der Waals surface area contributed by atoms with Crippen LogP contribution < -0.4 is 0 Å². The molecule has 0 saturated heterocycles. The summed E-state index contributed by atoms with van der Waals surface area (Å²) in [5.41, 5.74) is 7.50. The quantitative estimate of drug-likeness (QED) is 0.165. The van der Waals surface area contributed by atoms with Crippen LogP contribution in [-0.4, -0.2) is 19.9 Å². The van der Waals surface area contributed by atoms with Gasteiger partial charge in [-0.25, -0.2) is 11.3 Å². The molecule has 5 heterocycles. The Labute approximate surface area is 330 Å². The average molecular weight is 1030 g/mol. The number of rotatable bonds is 4. The van der Waals surface area contributed by atoms with Crippen LogP contribution in [0.25, 0.3) is 66.0 Å². The van der Waals surface area contributed by atoms with E-state index in [0.717, 1.165) is 45.2 Å². The van der Waals surface area contributed by atoms with Crippen molar-refractivity contribution in [3.8, 4) is 45.2 Å². The van der Waals surface area contributed by atoms with Gasteiger partial charge >= 0.3 is 42.1 Å². The molecule has 0 radical (unpaired) electrons. The van der Waals surface area contributed by atoms with Crippen LogP contribution in [0.3, 0.4) is 0 Å². The van der Waals surface area contributed by atoms with Gasteiger partial charge in [-0.15, -0.1) is 95.9 Å². The minimum Gasteiger partial charge on any atom is -0.295 e. The Hall–Kier alpha value is -4.92. The van der Waals surface area contributed by atoms with Crippen molar-refractivity contribution in [2.75, 3.05) is 0 Å². The van der Waals surface area contributed by atoms with Crippen molar-refractivity contribution in [2.24, 2.45) is 0 Å². The molecular formula is C44H28N4Pt2S. The van der Waals surface area contributed by atoms with E-state index < -0.39 is 0 Å². The van der Waals surface area contributed by atoms with Gasteiger partial charge in [-0.2, -0.15) is 22.9 Å². The SMILES string of the molecule is [Pt+2].[Pt+2].[c-]1c(-c2ccccn2)cccc1-c1ccccn1.[c-]1cccc2cc3sc[c-]c3cc12.[c-]1ccccc1-c1cccc(-c2ccccn2)n1. The van der Waals surface area contributed by atoms with Crippen molar-refractivity contribution in [3.05, 3.63) is 194 Å². The van der Waals surface area contributed by atoms with Crippen LogP contribution in [0.5, 0.6) is 0 Å². The molecule has 0 unspecified atom stereocenters. The fourth-order valence-electron chi connectivity index (χ4n) is 5.12. The Morgan fingerprint density at radius 2 is 1.02 bits per heavy atom. The summed E-state index contributed by atoms with van der Waals surface area (Å²) in [6.07, 6.45) is 5.35. The van der Waals surface area contributed by atoms with Gasteiger partial charge in [0.05, 0.1) is 11.4 Å². The molecule has 250 valence electrons. The van der Waals surface area contributed by atoms with Crippen LogP contribution in [0.15, 0.2) is 170 Å². The molecule has 0 fully saturated rings. The molecule has 0 N–H and O–H groups in total. The van der Waals surface area contributed by atoms with Crippen molar-refractivity contribution in [2.45, 2.75) is 0 Å². The van der Waals surface area contributed by atoms with E-state index in [1.807, 2.05) is 133 Å². The second kappa shape index (κ2) is 18.9. The molecule has 4 nitrogen and oxygen atoms in total. The molecule has 4 aromatic carbocycles. The maximum atomic E-state index is 4.62. The van der Waals surface area contributed by atoms with Gasteiger partial charge in [0.1, 0.15) is 0 Å². The second-order valence-electron chi connectivity index (χ2n) is 10.8. The fraction of sp³-hybridized carbons (Fsp3) is 0. The fourth-order valence-corrected chi connectivity index (χ4v) is 5.87. The first-order valence-electron chi connectivity index (χ1n) is 15.7. The van der Waals surface area contributed by atoms with Crippen LogP contribution in [0.4, 0.5) is 0 Å². The zero-order valence-corrected chi connectivity index (χ0v) is 32.4. The van der Waals surface area contributed by atoms with E-state index in [2.05, 4.69) is 62.4 Å². The Kier molecular flexibility index (Phi) is 13.8. The summed E-state index contributed by atoms with van der Waals surface area (Å²) >= 11 is 1.73. The van der Waals surface area contributed by atoms with Crippen LogP contribution in [-0.2, 0) is 42.1 Å². The molecule has 0 aliphatic rings. The van der Waals surface area contributed by atoms with Crippen LogP contribution in [0.1, 0.15) is 0 Å². The van der Waals surface area contributed by atoms with Gasteiger partial charge in [0, 0.05) is 30.0 Å². The van der Waals surface area contributed by atoms with Gasteiger partial charge in [0.2, 0.25) is 0 Å². The monoisotopic (exact) mass is 1030 g/mol. The largest absolute Gasteiger partial charge is 2.00 e. The molecule has 0 amide bonds. The Morgan fingerprint density at radius 1 is 0.431 bits per heavy atom. The first-order chi connectivity index (χ1) is 24.3. The van der Waals surface area contributed by atoms with Crippen LogP contribution in [0.2, 0.25) is 0 Å². The van der Waals surface area contributed by atoms with E-state index >= 15 is 0 Å². The van der Waals surface area contributed by atoms with Crippen molar-refractivity contribution < 1.29 is 42.1 Å². The normalized spacial score (nSPS) is 10.0. The number of hydrogen-bond donors (Lipinski definition) is 0. The Bertz CT molecular complexity index is 2110. The third kappa shape index (κ3) is 9.87. The molecule has 5 aromatic heterocycles. The molecule has 0 bridgehead atoms. The smallest absolute Gasteiger partial charge is 0.295 e. The van der Waals surface area contributed by atoms with Gasteiger partial charge in [0.15, 0.2) is 0 Å². The van der Waals surface area contributed by atoms with Crippen molar-refractivity contribution >= 4 is 32.2 Å². The number of aromatic nitrogens is 4. The molecule has 7 heteroatoms. The van der Waals surface area contributed by atoms with Crippen molar-refractivity contribution in [1.82, 2.24) is 19.9 Å². The van der Waals surface area contributed by atoms with E-state index in [9.17, 15) is 0 Å². The Morgan fingerprint density at radius 3 is 1.67 bits per heavy atom. The zero-order valence-electron chi connectivity index (χ0n) is 27.0. The summed E-state index contributed by atoms with van der Waals surface area (Å²) in [6, 6.07) is 60.7. The van der Waals surface area contributed by atoms with Gasteiger partial charge in [-0.3, -0.25) is 19.9 Å². The summed E-state index contributed by atoms with van der Waals surface area (Å²) in [4.78, 5) is 17.6. The summed E-state index contributed by atoms with van der Waals surface area (Å²) in [5.74, 6) is 0. The van der Waals surface area contributed by atoms with E-state index in [0.29, 0.717) is 0 Å². The second-order valence-corrected chi connectivity index (χ2v) is 11.7. The predicted octanol–water partition coefficient (Wildman–Crippen LogP) is 10.9. The molecule has 9 aromatic rings. The number of hydrogen-bond acceptors (Lipinski definition) is 5. The van der Waals surface area contributed by atoms with E-state index in [4.69, 9.17) is 0 Å². The maximum Gasteiger partial charge on any atom is 2.00 e. The third-order valence-electron chi connectivity index (χ3n) is 7.50. The van der Waals surface area contributed by atoms with Gasteiger partial charge in [0.25, 0.3) is 0 Å². The Balaban J connectivity index is 0.000000147. The van der Waals surface area contributed by atoms with E-state index in [1.54, 1.807) is 29.9 Å². The molecule has 0 spiro atoms. The topological polar surface area (TPSA) is 51.6 Å². The molecule has 51 heavy (non-hydrogen) atoms. The number of thiophene rings is 1. The maximum absolute atomic E-state index is 4.62. The van der Waals surface area contributed by atoms with Gasteiger partial charge in [-0.1, -0.05) is 63.7 Å². The number of benzene rings is 4. The first kappa shape index (κ1) is 37.3. The third-order valence-corrected chi connectivity index (χ3v) is 8.33. The summed E-state index contributed by atoms with van der Waals surface area (Å²) < 4.78 is 1.30. The van der Waals surface area contributed by atoms with E-state index in [1.165, 1.54) is 20.9 Å². The minimum absolute atomic E-state index is 0. The predicted molar refractivity (Wildman–Crippen MR) is 200 cm³/mol. The zero-order chi connectivity index (χ0) is 33.1.